The molecule has 0 atom stereocenters. The van der Waals surface area contributed by atoms with E-state index < -0.39 is 10.0 Å². The van der Waals surface area contributed by atoms with Gasteiger partial charge in [0, 0.05) is 49.3 Å². The van der Waals surface area contributed by atoms with Crippen LogP contribution in [-0.2, 0) is 10.0 Å². The molecule has 8 nitrogen and oxygen atoms in total. The highest BCUT2D eigenvalue weighted by Crippen LogP contribution is 2.31. The van der Waals surface area contributed by atoms with Crippen molar-refractivity contribution in [2.45, 2.75) is 11.8 Å². The summed E-state index contributed by atoms with van der Waals surface area (Å²) < 4.78 is 27.6. The number of benzene rings is 1. The van der Waals surface area contributed by atoms with E-state index >= 15 is 0 Å². The zero-order valence-electron chi connectivity index (χ0n) is 16.7. The van der Waals surface area contributed by atoms with Crippen molar-refractivity contribution in [1.29, 1.82) is 0 Å². The van der Waals surface area contributed by atoms with Gasteiger partial charge in [-0.2, -0.15) is 4.31 Å². The molecule has 4 rings (SSSR count). The van der Waals surface area contributed by atoms with Crippen molar-refractivity contribution in [3.05, 3.63) is 64.4 Å². The lowest BCUT2D eigenvalue weighted by Gasteiger charge is -2.34. The Morgan fingerprint density at radius 1 is 0.935 bits per heavy atom. The van der Waals surface area contributed by atoms with E-state index in [0.29, 0.717) is 48.4 Å². The van der Waals surface area contributed by atoms with Gasteiger partial charge in [0.05, 0.1) is 5.02 Å². The minimum atomic E-state index is -3.71. The van der Waals surface area contributed by atoms with E-state index in [9.17, 15) is 8.42 Å². The van der Waals surface area contributed by atoms with Gasteiger partial charge in [0.15, 0.2) is 11.6 Å². The summed E-state index contributed by atoms with van der Waals surface area (Å²) >= 11 is 12.2. The van der Waals surface area contributed by atoms with Crippen LogP contribution in [0.2, 0.25) is 10.0 Å². The van der Waals surface area contributed by atoms with Crippen molar-refractivity contribution in [3.8, 4) is 0 Å². The van der Waals surface area contributed by atoms with Crippen LogP contribution in [0.3, 0.4) is 0 Å². The Kier molecular flexibility index (Phi) is 6.29. The van der Waals surface area contributed by atoms with E-state index in [0.717, 1.165) is 5.69 Å². The summed E-state index contributed by atoms with van der Waals surface area (Å²) in [6.45, 7) is 3.38. The summed E-state index contributed by atoms with van der Waals surface area (Å²) in [5.41, 5.74) is 1.53. The van der Waals surface area contributed by atoms with Gasteiger partial charge >= 0.3 is 0 Å². The fraction of sp³-hybridized carbons (Fsp3) is 0.250. The zero-order valence-corrected chi connectivity index (χ0v) is 19.0. The van der Waals surface area contributed by atoms with Gasteiger partial charge in [0.25, 0.3) is 0 Å². The number of aromatic nitrogens is 3. The minimum Gasteiger partial charge on any atom is -0.352 e. The average Bonchev–Trinajstić information content (AvgIpc) is 2.77. The second-order valence-corrected chi connectivity index (χ2v) is 9.78. The standard InChI is InChI=1S/C20H20Cl2N6O2S/c1-14-12-18(17(22)13-16(14)21)31(29,30)28-10-8-27(9-11-28)20-3-2-19(25-26-20)24-15-4-6-23-7-5-15/h2-7,12-13H,8-11H2,1H3,(H,23,24,25). The van der Waals surface area contributed by atoms with Crippen LogP contribution in [0.1, 0.15) is 5.56 Å². The minimum absolute atomic E-state index is 0.0795. The van der Waals surface area contributed by atoms with Crippen molar-refractivity contribution in [2.24, 2.45) is 0 Å². The molecule has 11 heteroatoms. The van der Waals surface area contributed by atoms with Crippen LogP contribution in [0, 0.1) is 6.92 Å². The molecule has 3 heterocycles. The fourth-order valence-corrected chi connectivity index (χ4v) is 5.50. The van der Waals surface area contributed by atoms with Gasteiger partial charge in [-0.05, 0) is 48.9 Å². The average molecular weight is 479 g/mol. The number of nitrogens with one attached hydrogen (secondary N) is 1. The maximum Gasteiger partial charge on any atom is 0.244 e. The molecule has 162 valence electrons. The molecule has 0 amide bonds. The largest absolute Gasteiger partial charge is 0.352 e. The van der Waals surface area contributed by atoms with E-state index in [-0.39, 0.29) is 9.92 Å². The molecule has 0 unspecified atom stereocenters. The maximum absolute atomic E-state index is 13.1. The Hall–Kier alpha value is -2.46. The highest BCUT2D eigenvalue weighted by atomic mass is 35.5. The SMILES string of the molecule is Cc1cc(S(=O)(=O)N2CCN(c3ccc(Nc4ccncc4)nn3)CC2)c(Cl)cc1Cl. The maximum atomic E-state index is 13.1. The normalized spacial score (nSPS) is 15.1. The molecule has 1 aliphatic heterocycles. The van der Waals surface area contributed by atoms with Crippen LogP contribution in [-0.4, -0.2) is 54.1 Å². The molecular weight excluding hydrogens is 459 g/mol. The number of hydrogen-bond donors (Lipinski definition) is 1. The van der Waals surface area contributed by atoms with E-state index in [4.69, 9.17) is 23.2 Å². The molecule has 1 fully saturated rings. The Bertz CT molecular complexity index is 1170. The molecule has 0 saturated carbocycles. The van der Waals surface area contributed by atoms with Crippen molar-refractivity contribution in [1.82, 2.24) is 19.5 Å². The molecule has 2 aromatic heterocycles. The number of rotatable bonds is 5. The van der Waals surface area contributed by atoms with E-state index in [2.05, 4.69) is 20.5 Å². The number of hydrogen-bond acceptors (Lipinski definition) is 7. The summed E-state index contributed by atoms with van der Waals surface area (Å²) in [4.78, 5) is 6.06. The molecule has 1 aliphatic rings. The van der Waals surface area contributed by atoms with Gasteiger partial charge in [-0.1, -0.05) is 23.2 Å². The zero-order chi connectivity index (χ0) is 22.0. The summed E-state index contributed by atoms with van der Waals surface area (Å²) in [7, 11) is -3.71. The first-order valence-electron chi connectivity index (χ1n) is 9.56. The van der Waals surface area contributed by atoms with E-state index in [1.165, 1.54) is 16.4 Å². The van der Waals surface area contributed by atoms with Gasteiger partial charge in [0.1, 0.15) is 4.90 Å². The molecule has 0 radical (unpaired) electrons. The number of aryl methyl sites for hydroxylation is 1. The molecule has 1 N–H and O–H groups in total. The van der Waals surface area contributed by atoms with Crippen LogP contribution in [0.5, 0.6) is 0 Å². The molecule has 0 aliphatic carbocycles. The molecule has 1 saturated heterocycles. The van der Waals surface area contributed by atoms with Gasteiger partial charge in [-0.3, -0.25) is 4.98 Å². The third-order valence-electron chi connectivity index (χ3n) is 5.00. The second kappa shape index (κ2) is 8.96. The van der Waals surface area contributed by atoms with Crippen molar-refractivity contribution in [3.63, 3.8) is 0 Å². The third-order valence-corrected chi connectivity index (χ3v) is 7.77. The lowest BCUT2D eigenvalue weighted by atomic mass is 10.2. The van der Waals surface area contributed by atoms with Crippen LogP contribution in [0.25, 0.3) is 0 Å². The second-order valence-electron chi connectivity index (χ2n) is 7.06. The smallest absolute Gasteiger partial charge is 0.244 e. The Morgan fingerprint density at radius 2 is 1.65 bits per heavy atom. The van der Waals surface area contributed by atoms with Gasteiger partial charge < -0.3 is 10.2 Å². The Balaban J connectivity index is 1.42. The number of piperazine rings is 1. The summed E-state index contributed by atoms with van der Waals surface area (Å²) in [5.74, 6) is 1.31. The fourth-order valence-electron chi connectivity index (χ4n) is 3.27. The van der Waals surface area contributed by atoms with Crippen LogP contribution >= 0.6 is 23.2 Å². The predicted octanol–water partition coefficient (Wildman–Crippen LogP) is 3.74. The van der Waals surface area contributed by atoms with E-state index in [1.807, 2.05) is 29.2 Å². The number of anilines is 3. The monoisotopic (exact) mass is 478 g/mol. The first-order chi connectivity index (χ1) is 14.8. The Morgan fingerprint density at radius 3 is 2.29 bits per heavy atom. The number of sulfonamides is 1. The Labute approximate surface area is 190 Å². The molecule has 1 aromatic carbocycles. The van der Waals surface area contributed by atoms with Crippen LogP contribution in [0.15, 0.2) is 53.7 Å². The molecule has 31 heavy (non-hydrogen) atoms. The molecule has 0 bridgehead atoms. The lowest BCUT2D eigenvalue weighted by Crippen LogP contribution is -2.49. The van der Waals surface area contributed by atoms with Gasteiger partial charge in [0.2, 0.25) is 10.0 Å². The summed E-state index contributed by atoms with van der Waals surface area (Å²) in [5, 5.41) is 12.2. The lowest BCUT2D eigenvalue weighted by molar-refractivity contribution is 0.383. The first-order valence-corrected chi connectivity index (χ1v) is 11.8. The molecule has 3 aromatic rings. The number of pyridine rings is 1. The quantitative estimate of drug-likeness (QED) is 0.596. The number of halogens is 2. The summed E-state index contributed by atoms with van der Waals surface area (Å²) in [6, 6.07) is 10.4. The molecular formula is C20H20Cl2N6O2S. The highest BCUT2D eigenvalue weighted by Gasteiger charge is 2.31. The van der Waals surface area contributed by atoms with E-state index in [1.54, 1.807) is 19.3 Å². The topological polar surface area (TPSA) is 91.3 Å². The van der Waals surface area contributed by atoms with Gasteiger partial charge in [-0.15, -0.1) is 10.2 Å². The highest BCUT2D eigenvalue weighted by molar-refractivity contribution is 7.89. The van der Waals surface area contributed by atoms with Crippen molar-refractivity contribution in [2.75, 3.05) is 36.4 Å². The van der Waals surface area contributed by atoms with Crippen LogP contribution in [0.4, 0.5) is 17.3 Å². The number of nitrogens with zero attached hydrogens (tertiary/aromatic N) is 5. The first kappa shape index (κ1) is 21.8. The predicted molar refractivity (Wildman–Crippen MR) is 122 cm³/mol. The summed E-state index contributed by atoms with van der Waals surface area (Å²) in [6.07, 6.45) is 3.38. The van der Waals surface area contributed by atoms with Gasteiger partial charge in [-0.25, -0.2) is 8.42 Å². The van der Waals surface area contributed by atoms with Crippen molar-refractivity contribution < 1.29 is 8.42 Å². The third kappa shape index (κ3) is 4.74. The molecule has 0 spiro atoms. The van der Waals surface area contributed by atoms with Crippen LogP contribution < -0.4 is 10.2 Å². The van der Waals surface area contributed by atoms with Crippen molar-refractivity contribution >= 4 is 50.5 Å².